The molecule has 2 rings (SSSR count). The zero-order valence-corrected chi connectivity index (χ0v) is 11.3. The molecule has 0 spiro atoms. The van der Waals surface area contributed by atoms with E-state index in [-0.39, 0.29) is 5.25 Å². The zero-order chi connectivity index (χ0) is 12.1. The van der Waals surface area contributed by atoms with Crippen LogP contribution in [0.4, 0.5) is 0 Å². The van der Waals surface area contributed by atoms with Crippen molar-refractivity contribution in [1.29, 1.82) is 0 Å². The molecule has 1 fully saturated rings. The van der Waals surface area contributed by atoms with E-state index >= 15 is 0 Å². The molecule has 1 aliphatic rings. The van der Waals surface area contributed by atoms with Gasteiger partial charge in [0, 0.05) is 18.8 Å². The van der Waals surface area contributed by atoms with Crippen LogP contribution in [0.1, 0.15) is 50.1 Å². The molecule has 0 N–H and O–H groups in total. The van der Waals surface area contributed by atoms with Gasteiger partial charge in [-0.05, 0) is 26.2 Å². The lowest BCUT2D eigenvalue weighted by Crippen LogP contribution is -2.21. The molecule has 0 saturated carbocycles. The lowest BCUT2D eigenvalue weighted by Gasteiger charge is -2.22. The van der Waals surface area contributed by atoms with Crippen molar-refractivity contribution in [3.63, 3.8) is 0 Å². The van der Waals surface area contributed by atoms with Crippen molar-refractivity contribution >= 4 is 11.8 Å². The molecule has 1 aliphatic heterocycles. The van der Waals surface area contributed by atoms with E-state index in [1.54, 1.807) is 0 Å². The maximum Gasteiger partial charge on any atom is 0.239 e. The van der Waals surface area contributed by atoms with Crippen molar-refractivity contribution in [3.05, 3.63) is 11.7 Å². The van der Waals surface area contributed by atoms with Crippen LogP contribution in [0.15, 0.2) is 4.52 Å². The molecule has 2 atom stereocenters. The van der Waals surface area contributed by atoms with Crippen LogP contribution in [0.25, 0.3) is 0 Å². The number of aromatic nitrogens is 2. The van der Waals surface area contributed by atoms with E-state index in [0.717, 1.165) is 30.5 Å². The molecule has 0 aliphatic carbocycles. The molecule has 0 unspecified atom stereocenters. The molecule has 1 aromatic rings. The van der Waals surface area contributed by atoms with E-state index in [0.29, 0.717) is 6.10 Å². The lowest BCUT2D eigenvalue weighted by atomic mass is 10.1. The van der Waals surface area contributed by atoms with Gasteiger partial charge < -0.3 is 9.26 Å². The number of hydrogen-bond donors (Lipinski definition) is 0. The summed E-state index contributed by atoms with van der Waals surface area (Å²) >= 11 is 1.84. The molecule has 4 nitrogen and oxygen atoms in total. The Labute approximate surface area is 106 Å². The van der Waals surface area contributed by atoms with Crippen LogP contribution in [0, 0.1) is 0 Å². The molecular weight excluding hydrogens is 236 g/mol. The van der Waals surface area contributed by atoms with Crippen LogP contribution < -0.4 is 0 Å². The summed E-state index contributed by atoms with van der Waals surface area (Å²) in [4.78, 5) is 4.35. The number of rotatable bonds is 5. The molecule has 5 heteroatoms. The molecule has 1 aromatic heterocycles. The molecule has 0 amide bonds. The minimum absolute atomic E-state index is 0.258. The average Bonchev–Trinajstić information content (AvgIpc) is 2.86. The van der Waals surface area contributed by atoms with Gasteiger partial charge in [-0.25, -0.2) is 0 Å². The van der Waals surface area contributed by atoms with Gasteiger partial charge in [0.2, 0.25) is 5.89 Å². The highest BCUT2D eigenvalue weighted by Gasteiger charge is 2.19. The summed E-state index contributed by atoms with van der Waals surface area (Å²) in [6.07, 6.45) is 4.92. The normalized spacial score (nSPS) is 22.6. The highest BCUT2D eigenvalue weighted by molar-refractivity contribution is 7.99. The van der Waals surface area contributed by atoms with Gasteiger partial charge in [-0.1, -0.05) is 12.1 Å². The Hall–Kier alpha value is -0.550. The lowest BCUT2D eigenvalue weighted by molar-refractivity contribution is 0.0315. The molecule has 96 valence electrons. The summed E-state index contributed by atoms with van der Waals surface area (Å²) in [5, 5.41) is 4.18. The van der Waals surface area contributed by atoms with E-state index in [2.05, 4.69) is 17.1 Å². The van der Waals surface area contributed by atoms with Crippen molar-refractivity contribution in [2.45, 2.75) is 50.9 Å². The second-order valence-corrected chi connectivity index (χ2v) is 5.74. The van der Waals surface area contributed by atoms with Gasteiger partial charge in [0.1, 0.15) is 0 Å². The van der Waals surface area contributed by atoms with Crippen LogP contribution in [0.3, 0.4) is 0 Å². The first-order chi connectivity index (χ1) is 8.29. The van der Waals surface area contributed by atoms with E-state index in [1.165, 1.54) is 19.3 Å². The number of ether oxygens (including phenoxy) is 1. The van der Waals surface area contributed by atoms with Gasteiger partial charge in [-0.2, -0.15) is 4.98 Å². The Balaban J connectivity index is 1.77. The maximum atomic E-state index is 5.70. The summed E-state index contributed by atoms with van der Waals surface area (Å²) in [6.45, 7) is 5.06. The Morgan fingerprint density at radius 1 is 1.47 bits per heavy atom. The first kappa shape index (κ1) is 12.9. The maximum absolute atomic E-state index is 5.70. The van der Waals surface area contributed by atoms with Crippen LogP contribution in [0.5, 0.6) is 0 Å². The summed E-state index contributed by atoms with van der Waals surface area (Å²) in [7, 11) is 0. The standard InChI is InChI=1S/C12H20N2O2S/c1-3-11-13-12(16-14-11)9(2)17-8-10-6-4-5-7-15-10/h9-10H,3-8H2,1-2H3/t9-,10+/m1/s1. The van der Waals surface area contributed by atoms with Gasteiger partial charge in [-0.15, -0.1) is 11.8 Å². The number of thioether (sulfide) groups is 1. The quantitative estimate of drug-likeness (QED) is 0.810. The van der Waals surface area contributed by atoms with E-state index in [9.17, 15) is 0 Å². The summed E-state index contributed by atoms with van der Waals surface area (Å²) < 4.78 is 10.9. The van der Waals surface area contributed by atoms with Crippen molar-refractivity contribution < 1.29 is 9.26 Å². The van der Waals surface area contributed by atoms with Gasteiger partial charge in [0.05, 0.1) is 11.4 Å². The predicted octanol–water partition coefficient (Wildman–Crippen LogP) is 3.00. The Morgan fingerprint density at radius 2 is 2.35 bits per heavy atom. The molecule has 0 radical (unpaired) electrons. The average molecular weight is 256 g/mol. The topological polar surface area (TPSA) is 48.2 Å². The highest BCUT2D eigenvalue weighted by atomic mass is 32.2. The fourth-order valence-corrected chi connectivity index (χ4v) is 2.84. The minimum Gasteiger partial charge on any atom is -0.377 e. The third-order valence-corrected chi connectivity index (χ3v) is 4.22. The van der Waals surface area contributed by atoms with E-state index in [4.69, 9.17) is 9.26 Å². The smallest absolute Gasteiger partial charge is 0.239 e. The molecule has 2 heterocycles. The van der Waals surface area contributed by atoms with Crippen molar-refractivity contribution in [1.82, 2.24) is 10.1 Å². The molecular formula is C12H20N2O2S. The van der Waals surface area contributed by atoms with Crippen LogP contribution in [0.2, 0.25) is 0 Å². The number of aryl methyl sites for hydroxylation is 1. The van der Waals surface area contributed by atoms with Crippen LogP contribution >= 0.6 is 11.8 Å². The van der Waals surface area contributed by atoms with Crippen molar-refractivity contribution in [3.8, 4) is 0 Å². The highest BCUT2D eigenvalue weighted by Crippen LogP contribution is 2.29. The SMILES string of the molecule is CCc1noc([C@@H](C)SC[C@@H]2CCCCO2)n1. The van der Waals surface area contributed by atoms with Gasteiger partial charge >= 0.3 is 0 Å². The fourth-order valence-electron chi connectivity index (χ4n) is 1.84. The molecule has 1 saturated heterocycles. The Kier molecular flexibility index (Phi) is 4.86. The van der Waals surface area contributed by atoms with Crippen LogP contribution in [-0.2, 0) is 11.2 Å². The van der Waals surface area contributed by atoms with Crippen molar-refractivity contribution in [2.75, 3.05) is 12.4 Å². The minimum atomic E-state index is 0.258. The fraction of sp³-hybridized carbons (Fsp3) is 0.833. The molecule has 17 heavy (non-hydrogen) atoms. The zero-order valence-electron chi connectivity index (χ0n) is 10.5. The Bertz CT molecular complexity index is 337. The van der Waals surface area contributed by atoms with Gasteiger partial charge in [0.15, 0.2) is 5.82 Å². The third kappa shape index (κ3) is 3.71. The third-order valence-electron chi connectivity index (χ3n) is 2.95. The summed E-state index contributed by atoms with van der Waals surface area (Å²) in [6, 6.07) is 0. The monoisotopic (exact) mass is 256 g/mol. The molecule has 0 bridgehead atoms. The largest absolute Gasteiger partial charge is 0.377 e. The van der Waals surface area contributed by atoms with E-state index < -0.39 is 0 Å². The van der Waals surface area contributed by atoms with Gasteiger partial charge in [0.25, 0.3) is 0 Å². The summed E-state index contributed by atoms with van der Waals surface area (Å²) in [5.41, 5.74) is 0. The van der Waals surface area contributed by atoms with Crippen molar-refractivity contribution in [2.24, 2.45) is 0 Å². The van der Waals surface area contributed by atoms with Gasteiger partial charge in [-0.3, -0.25) is 0 Å². The first-order valence-electron chi connectivity index (χ1n) is 6.35. The molecule has 0 aromatic carbocycles. The number of hydrogen-bond acceptors (Lipinski definition) is 5. The van der Waals surface area contributed by atoms with E-state index in [1.807, 2.05) is 18.7 Å². The van der Waals surface area contributed by atoms with Crippen LogP contribution in [-0.4, -0.2) is 28.6 Å². The first-order valence-corrected chi connectivity index (χ1v) is 7.40. The Morgan fingerprint density at radius 3 is 3.00 bits per heavy atom. The second kappa shape index (κ2) is 6.40. The summed E-state index contributed by atoms with van der Waals surface area (Å²) in [5.74, 6) is 2.55. The second-order valence-electron chi connectivity index (χ2n) is 4.37. The number of nitrogens with zero attached hydrogens (tertiary/aromatic N) is 2. The predicted molar refractivity (Wildman–Crippen MR) is 68.1 cm³/mol.